The van der Waals surface area contributed by atoms with Crippen LogP contribution in [0.25, 0.3) is 0 Å². The molecule has 94 valence electrons. The molecule has 0 unspecified atom stereocenters. The van der Waals surface area contributed by atoms with E-state index in [1.807, 2.05) is 12.1 Å². The molecule has 0 spiro atoms. The molecule has 1 aliphatic heterocycles. The highest BCUT2D eigenvalue weighted by atomic mass is 35.5. The molecule has 0 atom stereocenters. The van der Waals surface area contributed by atoms with Crippen molar-refractivity contribution in [3.8, 4) is 0 Å². The Bertz CT molecular complexity index is 406. The number of rotatable bonds is 2. The molecule has 0 radical (unpaired) electrons. The van der Waals surface area contributed by atoms with Crippen LogP contribution in [0.5, 0.6) is 0 Å². The summed E-state index contributed by atoms with van der Waals surface area (Å²) in [4.78, 5) is 2.30. The Balaban J connectivity index is 2.30. The maximum Gasteiger partial charge on any atom is 0.0801 e. The average Bonchev–Trinajstić information content (AvgIpc) is 2.27. The van der Waals surface area contributed by atoms with E-state index in [-0.39, 0.29) is 5.60 Å². The number of hydrogen-bond donors (Lipinski definition) is 1. The van der Waals surface area contributed by atoms with Gasteiger partial charge in [0.05, 0.1) is 12.2 Å². The van der Waals surface area contributed by atoms with Gasteiger partial charge >= 0.3 is 0 Å². The van der Waals surface area contributed by atoms with Crippen LogP contribution < -0.4 is 10.6 Å². The zero-order chi connectivity index (χ0) is 12.5. The van der Waals surface area contributed by atoms with Crippen molar-refractivity contribution in [2.75, 3.05) is 24.6 Å². The minimum atomic E-state index is -0.119. The van der Waals surface area contributed by atoms with E-state index in [0.717, 1.165) is 36.0 Å². The van der Waals surface area contributed by atoms with Gasteiger partial charge in [0, 0.05) is 35.9 Å². The summed E-state index contributed by atoms with van der Waals surface area (Å²) >= 11 is 6.18. The molecule has 1 aromatic rings. The third-order valence-corrected chi connectivity index (χ3v) is 3.42. The number of hydrogen-bond acceptors (Lipinski definition) is 3. The second-order valence-corrected chi connectivity index (χ2v) is 5.38. The fraction of sp³-hybridized carbons (Fsp3) is 0.538. The van der Waals surface area contributed by atoms with E-state index in [4.69, 9.17) is 22.1 Å². The molecular weight excluding hydrogens is 236 g/mol. The highest BCUT2D eigenvalue weighted by Gasteiger charge is 2.28. The first-order valence-electron chi connectivity index (χ1n) is 5.90. The molecule has 0 saturated carbocycles. The van der Waals surface area contributed by atoms with Crippen molar-refractivity contribution in [2.24, 2.45) is 5.73 Å². The summed E-state index contributed by atoms with van der Waals surface area (Å²) in [6.07, 6.45) is 0. The molecule has 1 fully saturated rings. The number of anilines is 1. The van der Waals surface area contributed by atoms with Crippen molar-refractivity contribution >= 4 is 17.3 Å². The number of nitrogens with zero attached hydrogens (tertiary/aromatic N) is 1. The van der Waals surface area contributed by atoms with E-state index >= 15 is 0 Å². The lowest BCUT2D eigenvalue weighted by Gasteiger charge is -2.40. The lowest BCUT2D eigenvalue weighted by atomic mass is 10.0. The third kappa shape index (κ3) is 2.73. The molecule has 1 saturated heterocycles. The second-order valence-electron chi connectivity index (χ2n) is 4.97. The molecule has 4 heteroatoms. The minimum absolute atomic E-state index is 0.119. The van der Waals surface area contributed by atoms with Crippen LogP contribution in [-0.4, -0.2) is 25.3 Å². The van der Waals surface area contributed by atoms with E-state index in [1.165, 1.54) is 0 Å². The van der Waals surface area contributed by atoms with Crippen LogP contribution in [0.1, 0.15) is 19.4 Å². The summed E-state index contributed by atoms with van der Waals surface area (Å²) in [6.45, 7) is 7.16. The first-order chi connectivity index (χ1) is 8.03. The molecule has 2 N–H and O–H groups in total. The van der Waals surface area contributed by atoms with Gasteiger partial charge in [0.25, 0.3) is 0 Å². The molecular formula is C13H19ClN2O. The highest BCUT2D eigenvalue weighted by Crippen LogP contribution is 2.30. The molecule has 0 bridgehead atoms. The van der Waals surface area contributed by atoms with Crippen molar-refractivity contribution in [1.82, 2.24) is 0 Å². The Hall–Kier alpha value is -0.770. The first kappa shape index (κ1) is 12.7. The van der Waals surface area contributed by atoms with Crippen LogP contribution >= 0.6 is 11.6 Å². The SMILES string of the molecule is CC1(C)CN(c2cccc(Cl)c2CN)CCO1. The van der Waals surface area contributed by atoms with Crippen molar-refractivity contribution in [2.45, 2.75) is 26.0 Å². The molecule has 0 aromatic heterocycles. The summed E-state index contributed by atoms with van der Waals surface area (Å²) in [6, 6.07) is 5.94. The smallest absolute Gasteiger partial charge is 0.0801 e. The van der Waals surface area contributed by atoms with E-state index in [9.17, 15) is 0 Å². The summed E-state index contributed by atoms with van der Waals surface area (Å²) in [5.74, 6) is 0. The van der Waals surface area contributed by atoms with Crippen LogP contribution in [0.4, 0.5) is 5.69 Å². The third-order valence-electron chi connectivity index (χ3n) is 3.06. The number of morpholine rings is 1. The summed E-state index contributed by atoms with van der Waals surface area (Å²) in [5, 5.41) is 0.745. The van der Waals surface area contributed by atoms with Gasteiger partial charge in [-0.1, -0.05) is 17.7 Å². The van der Waals surface area contributed by atoms with Gasteiger partial charge in [0.15, 0.2) is 0 Å². The summed E-state index contributed by atoms with van der Waals surface area (Å²) < 4.78 is 5.71. The van der Waals surface area contributed by atoms with Crippen LogP contribution in [-0.2, 0) is 11.3 Å². The van der Waals surface area contributed by atoms with Gasteiger partial charge in [0.1, 0.15) is 0 Å². The number of nitrogens with two attached hydrogens (primary N) is 1. The van der Waals surface area contributed by atoms with E-state index in [2.05, 4.69) is 24.8 Å². The summed E-state index contributed by atoms with van der Waals surface area (Å²) in [5.41, 5.74) is 7.82. The van der Waals surface area contributed by atoms with E-state index in [0.29, 0.717) is 6.54 Å². The monoisotopic (exact) mass is 254 g/mol. The summed E-state index contributed by atoms with van der Waals surface area (Å²) in [7, 11) is 0. The quantitative estimate of drug-likeness (QED) is 0.881. The predicted molar refractivity (Wildman–Crippen MR) is 71.6 cm³/mol. The van der Waals surface area contributed by atoms with Crippen molar-refractivity contribution < 1.29 is 4.74 Å². The average molecular weight is 255 g/mol. The lowest BCUT2D eigenvalue weighted by molar-refractivity contribution is -0.0277. The van der Waals surface area contributed by atoms with Gasteiger partial charge < -0.3 is 15.4 Å². The maximum absolute atomic E-state index is 6.18. The number of benzene rings is 1. The van der Waals surface area contributed by atoms with Gasteiger partial charge in [-0.05, 0) is 26.0 Å². The first-order valence-corrected chi connectivity index (χ1v) is 6.28. The highest BCUT2D eigenvalue weighted by molar-refractivity contribution is 6.31. The Morgan fingerprint density at radius 2 is 2.24 bits per heavy atom. The topological polar surface area (TPSA) is 38.5 Å². The molecule has 3 nitrogen and oxygen atoms in total. The molecule has 0 amide bonds. The van der Waals surface area contributed by atoms with Crippen LogP contribution in [0.2, 0.25) is 5.02 Å². The number of ether oxygens (including phenoxy) is 1. The zero-order valence-corrected chi connectivity index (χ0v) is 11.1. The van der Waals surface area contributed by atoms with Crippen LogP contribution in [0.15, 0.2) is 18.2 Å². The number of halogens is 1. The van der Waals surface area contributed by atoms with Crippen molar-refractivity contribution in [3.05, 3.63) is 28.8 Å². The van der Waals surface area contributed by atoms with Gasteiger partial charge in [-0.2, -0.15) is 0 Å². The van der Waals surface area contributed by atoms with Gasteiger partial charge in [-0.15, -0.1) is 0 Å². The minimum Gasteiger partial charge on any atom is -0.372 e. The standard InChI is InChI=1S/C13H19ClN2O/c1-13(2)9-16(6-7-17-13)12-5-3-4-11(14)10(12)8-15/h3-5H,6-9,15H2,1-2H3. The van der Waals surface area contributed by atoms with Gasteiger partial charge in [-0.3, -0.25) is 0 Å². The fourth-order valence-electron chi connectivity index (χ4n) is 2.27. The Morgan fingerprint density at radius 3 is 2.88 bits per heavy atom. The largest absolute Gasteiger partial charge is 0.372 e. The van der Waals surface area contributed by atoms with Gasteiger partial charge in [-0.25, -0.2) is 0 Å². The predicted octanol–water partition coefficient (Wildman–Crippen LogP) is 2.41. The zero-order valence-electron chi connectivity index (χ0n) is 10.4. The Kier molecular flexibility index (Phi) is 3.61. The molecule has 1 aliphatic rings. The van der Waals surface area contributed by atoms with Crippen molar-refractivity contribution in [1.29, 1.82) is 0 Å². The normalized spacial score (nSPS) is 19.4. The fourth-order valence-corrected chi connectivity index (χ4v) is 2.51. The molecule has 1 aromatic carbocycles. The van der Waals surface area contributed by atoms with E-state index < -0.39 is 0 Å². The van der Waals surface area contributed by atoms with Crippen LogP contribution in [0, 0.1) is 0 Å². The Morgan fingerprint density at radius 1 is 1.47 bits per heavy atom. The van der Waals surface area contributed by atoms with Crippen LogP contribution in [0.3, 0.4) is 0 Å². The molecule has 17 heavy (non-hydrogen) atoms. The molecule has 1 heterocycles. The lowest BCUT2D eigenvalue weighted by Crippen LogP contribution is -2.48. The van der Waals surface area contributed by atoms with E-state index in [1.54, 1.807) is 0 Å². The second kappa shape index (κ2) is 4.84. The Labute approximate surface area is 107 Å². The molecule has 0 aliphatic carbocycles. The van der Waals surface area contributed by atoms with Crippen molar-refractivity contribution in [3.63, 3.8) is 0 Å². The maximum atomic E-state index is 6.18. The van der Waals surface area contributed by atoms with Gasteiger partial charge in [0.2, 0.25) is 0 Å². The molecule has 2 rings (SSSR count).